The fourth-order valence-electron chi connectivity index (χ4n) is 3.18. The van der Waals surface area contributed by atoms with Crippen LogP contribution >= 0.6 is 34.7 Å². The first-order valence-electron chi connectivity index (χ1n) is 9.26. The SMILES string of the molecule is Cc1cc(/C=N/NC(=O)CSc2nc3ccccc3s2)c(C)n1-c1cccc(Cl)c1. The first kappa shape index (κ1) is 20.7. The van der Waals surface area contributed by atoms with Crippen LogP contribution in [0.15, 0.2) is 64.0 Å². The zero-order chi connectivity index (χ0) is 21.1. The first-order valence-corrected chi connectivity index (χ1v) is 11.4. The van der Waals surface area contributed by atoms with Gasteiger partial charge in [-0.2, -0.15) is 5.10 Å². The number of amides is 1. The fourth-order valence-corrected chi connectivity index (χ4v) is 5.22. The molecule has 0 aliphatic rings. The van der Waals surface area contributed by atoms with Crippen LogP contribution in [0, 0.1) is 13.8 Å². The van der Waals surface area contributed by atoms with Gasteiger partial charge in [-0.05, 0) is 50.2 Å². The van der Waals surface area contributed by atoms with Gasteiger partial charge in [0.1, 0.15) is 0 Å². The van der Waals surface area contributed by atoms with Crippen LogP contribution in [0.5, 0.6) is 0 Å². The smallest absolute Gasteiger partial charge is 0.250 e. The molecule has 0 atom stereocenters. The van der Waals surface area contributed by atoms with E-state index in [0.29, 0.717) is 5.02 Å². The minimum atomic E-state index is -0.167. The number of aromatic nitrogens is 2. The van der Waals surface area contributed by atoms with Crippen molar-refractivity contribution in [1.82, 2.24) is 15.0 Å². The van der Waals surface area contributed by atoms with Gasteiger partial charge in [0.25, 0.3) is 5.91 Å². The van der Waals surface area contributed by atoms with Gasteiger partial charge in [0, 0.05) is 27.7 Å². The molecule has 2 heterocycles. The number of halogens is 1. The molecule has 4 rings (SSSR count). The van der Waals surface area contributed by atoms with Gasteiger partial charge in [-0.1, -0.05) is 41.6 Å². The van der Waals surface area contributed by atoms with Gasteiger partial charge >= 0.3 is 0 Å². The Hall–Kier alpha value is -2.61. The highest BCUT2D eigenvalue weighted by Crippen LogP contribution is 2.29. The van der Waals surface area contributed by atoms with E-state index < -0.39 is 0 Å². The lowest BCUT2D eigenvalue weighted by Crippen LogP contribution is -2.19. The number of thiazole rings is 1. The van der Waals surface area contributed by atoms with E-state index in [1.54, 1.807) is 17.6 Å². The van der Waals surface area contributed by atoms with Crippen molar-refractivity contribution in [3.8, 4) is 5.69 Å². The second-order valence-electron chi connectivity index (χ2n) is 6.67. The van der Waals surface area contributed by atoms with Crippen molar-refractivity contribution in [2.75, 3.05) is 5.75 Å². The summed E-state index contributed by atoms with van der Waals surface area (Å²) in [7, 11) is 0. The Bertz CT molecular complexity index is 1210. The van der Waals surface area contributed by atoms with Crippen molar-refractivity contribution in [2.24, 2.45) is 5.10 Å². The van der Waals surface area contributed by atoms with Gasteiger partial charge in [0.2, 0.25) is 0 Å². The highest BCUT2D eigenvalue weighted by atomic mass is 35.5. The minimum Gasteiger partial charge on any atom is -0.318 e. The Morgan fingerprint density at radius 2 is 2.07 bits per heavy atom. The molecule has 0 fully saturated rings. The second kappa shape index (κ2) is 9.04. The zero-order valence-corrected chi connectivity index (χ0v) is 18.8. The van der Waals surface area contributed by atoms with Crippen molar-refractivity contribution >= 4 is 57.0 Å². The number of carbonyl (C=O) groups excluding carboxylic acids is 1. The van der Waals surface area contributed by atoms with Gasteiger partial charge in [0.05, 0.1) is 22.2 Å². The van der Waals surface area contributed by atoms with Crippen LogP contribution < -0.4 is 5.43 Å². The molecule has 0 aliphatic carbocycles. The average molecular weight is 455 g/mol. The van der Waals surface area contributed by atoms with Crippen molar-refractivity contribution < 1.29 is 4.79 Å². The Labute approximate surface area is 187 Å². The van der Waals surface area contributed by atoms with Crippen molar-refractivity contribution in [3.63, 3.8) is 0 Å². The van der Waals surface area contributed by atoms with Gasteiger partial charge < -0.3 is 4.57 Å². The lowest BCUT2D eigenvalue weighted by atomic mass is 10.2. The number of aryl methyl sites for hydroxylation is 1. The van der Waals surface area contributed by atoms with Crippen LogP contribution in [-0.2, 0) is 4.79 Å². The van der Waals surface area contributed by atoms with E-state index in [1.165, 1.54) is 11.8 Å². The molecular formula is C22H19ClN4OS2. The number of benzene rings is 2. The summed E-state index contributed by atoms with van der Waals surface area (Å²) < 4.78 is 4.10. The second-order valence-corrected chi connectivity index (χ2v) is 9.36. The van der Waals surface area contributed by atoms with Crippen LogP contribution in [0.3, 0.4) is 0 Å². The number of carbonyl (C=O) groups is 1. The molecule has 0 unspecified atom stereocenters. The Morgan fingerprint density at radius 1 is 1.23 bits per heavy atom. The molecule has 2 aromatic heterocycles. The molecule has 0 saturated carbocycles. The molecule has 0 aliphatic heterocycles. The average Bonchev–Trinajstić information content (AvgIpc) is 3.26. The lowest BCUT2D eigenvalue weighted by molar-refractivity contribution is -0.118. The number of para-hydroxylation sites is 1. The molecule has 8 heteroatoms. The molecule has 2 aromatic carbocycles. The minimum absolute atomic E-state index is 0.167. The largest absolute Gasteiger partial charge is 0.318 e. The molecule has 0 saturated heterocycles. The monoisotopic (exact) mass is 454 g/mol. The maximum Gasteiger partial charge on any atom is 0.250 e. The van der Waals surface area contributed by atoms with E-state index in [9.17, 15) is 4.79 Å². The van der Waals surface area contributed by atoms with Gasteiger partial charge in [-0.3, -0.25) is 4.79 Å². The van der Waals surface area contributed by atoms with Crippen LogP contribution in [0.1, 0.15) is 17.0 Å². The molecule has 0 spiro atoms. The summed E-state index contributed by atoms with van der Waals surface area (Å²) in [5.41, 5.74) is 7.57. The van der Waals surface area contributed by atoms with E-state index in [0.717, 1.165) is 37.2 Å². The number of nitrogens with one attached hydrogen (secondary N) is 1. The number of nitrogens with zero attached hydrogens (tertiary/aromatic N) is 3. The third kappa shape index (κ3) is 4.59. The predicted octanol–water partition coefficient (Wildman–Crippen LogP) is 5.60. The Balaban J connectivity index is 1.38. The molecule has 4 aromatic rings. The molecule has 5 nitrogen and oxygen atoms in total. The summed E-state index contributed by atoms with van der Waals surface area (Å²) in [5.74, 6) is 0.0951. The molecular weight excluding hydrogens is 436 g/mol. The van der Waals surface area contributed by atoms with E-state index in [2.05, 4.69) is 20.1 Å². The number of fused-ring (bicyclic) bond motifs is 1. The number of hydrazone groups is 1. The topological polar surface area (TPSA) is 59.3 Å². The zero-order valence-electron chi connectivity index (χ0n) is 16.4. The maximum atomic E-state index is 12.1. The van der Waals surface area contributed by atoms with E-state index >= 15 is 0 Å². The molecule has 0 bridgehead atoms. The molecule has 152 valence electrons. The lowest BCUT2D eigenvalue weighted by Gasteiger charge is -2.09. The van der Waals surface area contributed by atoms with Crippen LogP contribution in [0.25, 0.3) is 15.9 Å². The third-order valence-electron chi connectivity index (χ3n) is 4.53. The first-order chi connectivity index (χ1) is 14.5. The number of hydrogen-bond acceptors (Lipinski definition) is 5. The number of rotatable bonds is 6. The fraction of sp³-hybridized carbons (Fsp3) is 0.136. The summed E-state index contributed by atoms with van der Waals surface area (Å²) >= 11 is 9.13. The molecule has 1 amide bonds. The van der Waals surface area contributed by atoms with Crippen LogP contribution in [0.4, 0.5) is 0 Å². The van der Waals surface area contributed by atoms with Gasteiger partial charge in [-0.25, -0.2) is 10.4 Å². The van der Waals surface area contributed by atoms with Crippen molar-refractivity contribution in [2.45, 2.75) is 18.2 Å². The normalized spacial score (nSPS) is 11.4. The number of thioether (sulfide) groups is 1. The Kier molecular flexibility index (Phi) is 6.22. The van der Waals surface area contributed by atoms with Crippen molar-refractivity contribution in [1.29, 1.82) is 0 Å². The summed E-state index contributed by atoms with van der Waals surface area (Å²) in [6.45, 7) is 4.04. The quantitative estimate of drug-likeness (QED) is 0.234. The highest BCUT2D eigenvalue weighted by molar-refractivity contribution is 8.01. The van der Waals surface area contributed by atoms with Gasteiger partial charge in [0.15, 0.2) is 4.34 Å². The van der Waals surface area contributed by atoms with E-state index in [4.69, 9.17) is 11.6 Å². The molecule has 30 heavy (non-hydrogen) atoms. The number of hydrogen-bond donors (Lipinski definition) is 1. The summed E-state index contributed by atoms with van der Waals surface area (Å²) in [6.07, 6.45) is 1.67. The van der Waals surface area contributed by atoms with Crippen LogP contribution in [0.2, 0.25) is 5.02 Å². The molecule has 1 N–H and O–H groups in total. The summed E-state index contributed by atoms with van der Waals surface area (Å²) in [4.78, 5) is 16.7. The maximum absolute atomic E-state index is 12.1. The third-order valence-corrected chi connectivity index (χ3v) is 6.95. The summed E-state index contributed by atoms with van der Waals surface area (Å²) in [6, 6.07) is 17.7. The standard InChI is InChI=1S/C22H19ClN4OS2/c1-14-10-16(15(2)27(14)18-7-5-6-17(23)11-18)12-24-26-21(28)13-29-22-25-19-8-3-4-9-20(19)30-22/h3-12H,13H2,1-2H3,(H,26,28)/b24-12+. The Morgan fingerprint density at radius 3 is 2.87 bits per heavy atom. The predicted molar refractivity (Wildman–Crippen MR) is 126 cm³/mol. The van der Waals surface area contributed by atoms with Crippen LogP contribution in [-0.4, -0.2) is 27.4 Å². The molecule has 0 radical (unpaired) electrons. The van der Waals surface area contributed by atoms with Crippen molar-refractivity contribution in [3.05, 3.63) is 76.6 Å². The van der Waals surface area contributed by atoms with Gasteiger partial charge in [-0.15, -0.1) is 11.3 Å². The van der Waals surface area contributed by atoms with E-state index in [1.807, 2.05) is 68.4 Å². The highest BCUT2D eigenvalue weighted by Gasteiger charge is 2.10. The van der Waals surface area contributed by atoms with E-state index in [-0.39, 0.29) is 11.7 Å². The summed E-state index contributed by atoms with van der Waals surface area (Å²) in [5, 5.41) is 4.82.